The quantitative estimate of drug-likeness (QED) is 0.240. The van der Waals surface area contributed by atoms with Crippen molar-refractivity contribution in [2.45, 2.75) is 26.2 Å². The van der Waals surface area contributed by atoms with E-state index in [1.54, 1.807) is 6.26 Å². The second kappa shape index (κ2) is 8.92. The first-order valence-corrected chi connectivity index (χ1v) is 13.3. The van der Waals surface area contributed by atoms with Crippen LogP contribution in [0.3, 0.4) is 0 Å². The fourth-order valence-electron chi connectivity index (χ4n) is 5.33. The fourth-order valence-corrected chi connectivity index (χ4v) is 5.33. The van der Waals surface area contributed by atoms with Gasteiger partial charge in [0.25, 0.3) is 0 Å². The molecule has 188 valence electrons. The largest absolute Gasteiger partial charge is 0.462 e. The molecule has 7 aromatic rings. The number of pyridine rings is 2. The van der Waals surface area contributed by atoms with Gasteiger partial charge in [-0.2, -0.15) is 0 Å². The Labute approximate surface area is 227 Å². The molecule has 0 saturated carbocycles. The standard InChI is InChI=1S/C36H28N2O/c1-36(2,3)33-14-13-30-31(21-29-16-18-39-35(29)34(30)38-33)32-22-28(15-17-37-32)27-12-11-25-19-24(9-10-26(25)20-27)23-7-5-4-6-8-23/h4-22H,1-3H3. The normalized spacial score (nSPS) is 12.0. The third-order valence-electron chi connectivity index (χ3n) is 7.48. The van der Waals surface area contributed by atoms with E-state index in [0.29, 0.717) is 0 Å². The molecular weight excluding hydrogens is 476 g/mol. The third kappa shape index (κ3) is 4.17. The van der Waals surface area contributed by atoms with E-state index in [2.05, 4.69) is 118 Å². The van der Waals surface area contributed by atoms with Gasteiger partial charge in [0.1, 0.15) is 5.52 Å². The van der Waals surface area contributed by atoms with Crippen LogP contribution in [0.1, 0.15) is 26.5 Å². The molecule has 0 unspecified atom stereocenters. The van der Waals surface area contributed by atoms with Gasteiger partial charge in [0.2, 0.25) is 0 Å². The summed E-state index contributed by atoms with van der Waals surface area (Å²) in [6, 6.07) is 36.6. The molecule has 0 atom stereocenters. The van der Waals surface area contributed by atoms with E-state index < -0.39 is 0 Å². The van der Waals surface area contributed by atoms with Crippen molar-refractivity contribution >= 4 is 32.6 Å². The van der Waals surface area contributed by atoms with E-state index in [-0.39, 0.29) is 5.41 Å². The van der Waals surface area contributed by atoms with E-state index in [0.717, 1.165) is 44.4 Å². The van der Waals surface area contributed by atoms with E-state index in [1.807, 2.05) is 12.3 Å². The van der Waals surface area contributed by atoms with Crippen molar-refractivity contribution in [1.82, 2.24) is 9.97 Å². The van der Waals surface area contributed by atoms with Gasteiger partial charge in [-0.3, -0.25) is 4.98 Å². The minimum atomic E-state index is -0.0563. The van der Waals surface area contributed by atoms with Gasteiger partial charge in [0.05, 0.1) is 12.0 Å². The molecule has 3 heterocycles. The molecule has 0 spiro atoms. The van der Waals surface area contributed by atoms with Crippen LogP contribution >= 0.6 is 0 Å². The van der Waals surface area contributed by atoms with Gasteiger partial charge >= 0.3 is 0 Å². The SMILES string of the molecule is CC(C)(C)c1ccc2c(-c3cc(-c4ccc5cc(-c6ccccc6)ccc5c4)ccn3)cc3ccoc3c2n1. The van der Waals surface area contributed by atoms with Crippen LogP contribution in [-0.2, 0) is 5.41 Å². The maximum Gasteiger partial charge on any atom is 0.160 e. The first kappa shape index (κ1) is 23.4. The molecule has 0 saturated heterocycles. The number of nitrogens with zero attached hydrogens (tertiary/aromatic N) is 2. The number of furan rings is 1. The van der Waals surface area contributed by atoms with Gasteiger partial charge in [0, 0.05) is 33.6 Å². The van der Waals surface area contributed by atoms with Crippen LogP contribution in [0.5, 0.6) is 0 Å². The zero-order valence-corrected chi connectivity index (χ0v) is 22.3. The minimum absolute atomic E-state index is 0.0563. The molecule has 7 rings (SSSR count). The number of aromatic nitrogens is 2. The molecule has 3 aromatic heterocycles. The lowest BCUT2D eigenvalue weighted by Crippen LogP contribution is -2.13. The summed E-state index contributed by atoms with van der Waals surface area (Å²) in [6.07, 6.45) is 3.64. The number of rotatable bonds is 3. The number of hydrogen-bond donors (Lipinski definition) is 0. The molecular formula is C36H28N2O. The first-order valence-electron chi connectivity index (χ1n) is 13.3. The number of hydrogen-bond acceptors (Lipinski definition) is 3. The average Bonchev–Trinajstić information content (AvgIpc) is 3.45. The van der Waals surface area contributed by atoms with E-state index in [4.69, 9.17) is 14.4 Å². The summed E-state index contributed by atoms with van der Waals surface area (Å²) in [4.78, 5) is 9.85. The lowest BCUT2D eigenvalue weighted by Gasteiger charge is -2.18. The molecule has 0 aliphatic rings. The number of benzene rings is 4. The third-order valence-corrected chi connectivity index (χ3v) is 7.48. The summed E-state index contributed by atoms with van der Waals surface area (Å²) in [5.41, 5.74) is 9.42. The molecule has 0 N–H and O–H groups in total. The minimum Gasteiger partial charge on any atom is -0.462 e. The van der Waals surface area contributed by atoms with Gasteiger partial charge < -0.3 is 4.42 Å². The average molecular weight is 505 g/mol. The summed E-state index contributed by atoms with van der Waals surface area (Å²) in [7, 11) is 0. The van der Waals surface area contributed by atoms with Gasteiger partial charge in [-0.25, -0.2) is 4.98 Å². The monoisotopic (exact) mass is 504 g/mol. The van der Waals surface area contributed by atoms with Crippen LogP contribution in [0.4, 0.5) is 0 Å². The van der Waals surface area contributed by atoms with Crippen LogP contribution in [0.25, 0.3) is 66.2 Å². The fraction of sp³-hybridized carbons (Fsp3) is 0.111. The highest BCUT2D eigenvalue weighted by Gasteiger charge is 2.19. The number of fused-ring (bicyclic) bond motifs is 4. The molecule has 39 heavy (non-hydrogen) atoms. The smallest absolute Gasteiger partial charge is 0.160 e. The van der Waals surface area contributed by atoms with Gasteiger partial charge in [-0.15, -0.1) is 0 Å². The van der Waals surface area contributed by atoms with Crippen molar-refractivity contribution in [1.29, 1.82) is 0 Å². The predicted octanol–water partition coefficient (Wildman–Crippen LogP) is 9.83. The Morgan fingerprint density at radius 1 is 0.615 bits per heavy atom. The van der Waals surface area contributed by atoms with Crippen LogP contribution in [-0.4, -0.2) is 9.97 Å². The second-order valence-corrected chi connectivity index (χ2v) is 11.2. The molecule has 0 amide bonds. The van der Waals surface area contributed by atoms with E-state index in [1.165, 1.54) is 27.5 Å². The molecule has 0 fully saturated rings. The Morgan fingerprint density at radius 3 is 2.08 bits per heavy atom. The lowest BCUT2D eigenvalue weighted by molar-refractivity contribution is 0.570. The van der Waals surface area contributed by atoms with Gasteiger partial charge in [-0.05, 0) is 75.5 Å². The summed E-state index contributed by atoms with van der Waals surface area (Å²) in [6.45, 7) is 6.55. The highest BCUT2D eigenvalue weighted by Crippen LogP contribution is 2.37. The molecule has 0 bridgehead atoms. The Morgan fingerprint density at radius 2 is 1.33 bits per heavy atom. The van der Waals surface area contributed by atoms with Crippen molar-refractivity contribution in [3.8, 4) is 33.5 Å². The lowest BCUT2D eigenvalue weighted by atomic mass is 9.90. The molecule has 3 heteroatoms. The van der Waals surface area contributed by atoms with E-state index >= 15 is 0 Å². The van der Waals surface area contributed by atoms with Crippen molar-refractivity contribution < 1.29 is 4.42 Å². The molecule has 4 aromatic carbocycles. The Bertz CT molecular complexity index is 2000. The zero-order chi connectivity index (χ0) is 26.6. The summed E-state index contributed by atoms with van der Waals surface area (Å²) < 4.78 is 5.88. The highest BCUT2D eigenvalue weighted by molar-refractivity contribution is 6.09. The topological polar surface area (TPSA) is 38.9 Å². The molecule has 0 aliphatic carbocycles. The second-order valence-electron chi connectivity index (χ2n) is 11.2. The highest BCUT2D eigenvalue weighted by atomic mass is 16.3. The van der Waals surface area contributed by atoms with Crippen molar-refractivity contribution in [3.05, 3.63) is 121 Å². The molecule has 3 nitrogen and oxygen atoms in total. The van der Waals surface area contributed by atoms with Crippen molar-refractivity contribution in [3.63, 3.8) is 0 Å². The van der Waals surface area contributed by atoms with Gasteiger partial charge in [-0.1, -0.05) is 81.4 Å². The molecule has 0 aliphatic heterocycles. The zero-order valence-electron chi connectivity index (χ0n) is 22.3. The maximum absolute atomic E-state index is 5.88. The Balaban J connectivity index is 1.33. The van der Waals surface area contributed by atoms with Crippen LogP contribution in [0.15, 0.2) is 120 Å². The first-order chi connectivity index (χ1) is 18.9. The van der Waals surface area contributed by atoms with Crippen LogP contribution in [0.2, 0.25) is 0 Å². The summed E-state index contributed by atoms with van der Waals surface area (Å²) in [5.74, 6) is 0. The summed E-state index contributed by atoms with van der Waals surface area (Å²) >= 11 is 0. The maximum atomic E-state index is 5.88. The summed E-state index contributed by atoms with van der Waals surface area (Å²) in [5, 5.41) is 4.52. The Hall–Kier alpha value is -4.76. The van der Waals surface area contributed by atoms with Crippen LogP contribution < -0.4 is 0 Å². The van der Waals surface area contributed by atoms with Crippen molar-refractivity contribution in [2.75, 3.05) is 0 Å². The predicted molar refractivity (Wildman–Crippen MR) is 162 cm³/mol. The molecule has 0 radical (unpaired) electrons. The van der Waals surface area contributed by atoms with Crippen molar-refractivity contribution in [2.24, 2.45) is 0 Å². The van der Waals surface area contributed by atoms with Crippen LogP contribution in [0, 0.1) is 0 Å². The Kier molecular flexibility index (Phi) is 5.34. The van der Waals surface area contributed by atoms with Gasteiger partial charge in [0.15, 0.2) is 5.58 Å². The van der Waals surface area contributed by atoms with E-state index in [9.17, 15) is 0 Å².